The molecule has 2 heterocycles. The highest BCUT2D eigenvalue weighted by Gasteiger charge is 2.40. The zero-order valence-corrected chi connectivity index (χ0v) is 16.1. The van der Waals surface area contributed by atoms with Gasteiger partial charge in [0, 0.05) is 36.2 Å². The second kappa shape index (κ2) is 6.62. The molecule has 1 aliphatic carbocycles. The summed E-state index contributed by atoms with van der Waals surface area (Å²) in [7, 11) is 0. The molecule has 0 unspecified atom stereocenters. The number of rotatable bonds is 2. The lowest BCUT2D eigenvalue weighted by atomic mass is 10.1. The molecule has 8 heteroatoms. The Balaban J connectivity index is 1.43. The number of nitrogens with one attached hydrogen (secondary N) is 1. The van der Waals surface area contributed by atoms with Crippen LogP contribution in [0, 0.1) is 5.41 Å². The Morgan fingerprint density at radius 1 is 1.13 bits per heavy atom. The first-order valence-corrected chi connectivity index (χ1v) is 9.79. The number of carbonyl (C=O) groups excluding carboxylic acids is 2. The zero-order chi connectivity index (χ0) is 21.0. The van der Waals surface area contributed by atoms with Crippen LogP contribution in [-0.2, 0) is 6.42 Å². The molecule has 30 heavy (non-hydrogen) atoms. The SMILES string of the molecule is N=C1Cc2cc(N3CCOc4cc(C(=O)N5CCC(F)(F)C5)ccc43)ccc2C1=O. The van der Waals surface area contributed by atoms with E-state index in [2.05, 4.69) is 0 Å². The molecule has 1 N–H and O–H groups in total. The van der Waals surface area contributed by atoms with E-state index >= 15 is 0 Å². The van der Waals surface area contributed by atoms with E-state index in [9.17, 15) is 18.4 Å². The molecule has 2 aromatic carbocycles. The van der Waals surface area contributed by atoms with Crippen molar-refractivity contribution in [3.8, 4) is 5.75 Å². The summed E-state index contributed by atoms with van der Waals surface area (Å²) in [6.07, 6.45) is 0.0133. The van der Waals surface area contributed by atoms with E-state index in [1.807, 2.05) is 17.0 Å². The molecular formula is C22H19F2N3O3. The Hall–Kier alpha value is -3.29. The normalized spacial score (nSPS) is 19.5. The van der Waals surface area contributed by atoms with Gasteiger partial charge in [-0.1, -0.05) is 0 Å². The first kappa shape index (κ1) is 18.7. The highest BCUT2D eigenvalue weighted by atomic mass is 19.3. The Bertz CT molecular complexity index is 1100. The van der Waals surface area contributed by atoms with Crippen LogP contribution >= 0.6 is 0 Å². The summed E-state index contributed by atoms with van der Waals surface area (Å²) in [6.45, 7) is 0.471. The van der Waals surface area contributed by atoms with Gasteiger partial charge in [0.05, 0.1) is 24.5 Å². The van der Waals surface area contributed by atoms with Crippen molar-refractivity contribution in [1.29, 1.82) is 5.41 Å². The number of Topliss-reactive ketones (excluding diaryl/α,β-unsaturated/α-hetero) is 1. The predicted octanol–water partition coefficient (Wildman–Crippen LogP) is 3.46. The minimum Gasteiger partial charge on any atom is -0.490 e. The van der Waals surface area contributed by atoms with Gasteiger partial charge in [0.15, 0.2) is 0 Å². The van der Waals surface area contributed by atoms with Crippen LogP contribution in [0.3, 0.4) is 0 Å². The average Bonchev–Trinajstić information content (AvgIpc) is 3.24. The molecule has 154 valence electrons. The molecule has 0 aromatic heterocycles. The number of anilines is 2. The standard InChI is InChI=1S/C22H19F2N3O3/c23-22(24)5-6-26(12-22)21(29)13-1-4-18-19(11-13)30-8-7-27(18)15-2-3-16-14(9-15)10-17(25)20(16)28/h1-4,9,11,25H,5-8,10,12H2. The van der Waals surface area contributed by atoms with Crippen molar-refractivity contribution in [3.63, 3.8) is 0 Å². The molecule has 1 saturated heterocycles. The van der Waals surface area contributed by atoms with Gasteiger partial charge in [0.25, 0.3) is 11.8 Å². The van der Waals surface area contributed by atoms with Crippen LogP contribution in [0.1, 0.15) is 32.7 Å². The van der Waals surface area contributed by atoms with Gasteiger partial charge in [-0.2, -0.15) is 0 Å². The molecular weight excluding hydrogens is 392 g/mol. The number of amides is 1. The van der Waals surface area contributed by atoms with Gasteiger partial charge in [-0.15, -0.1) is 0 Å². The lowest BCUT2D eigenvalue weighted by Crippen LogP contribution is -2.32. The minimum absolute atomic E-state index is 0.0404. The van der Waals surface area contributed by atoms with Gasteiger partial charge in [0.2, 0.25) is 5.78 Å². The lowest BCUT2D eigenvalue weighted by molar-refractivity contribution is 0.0120. The minimum atomic E-state index is -2.83. The zero-order valence-electron chi connectivity index (χ0n) is 16.1. The second-order valence-corrected chi connectivity index (χ2v) is 7.84. The van der Waals surface area contributed by atoms with Gasteiger partial charge in [-0.05, 0) is 42.0 Å². The fourth-order valence-corrected chi connectivity index (χ4v) is 4.26. The maximum Gasteiger partial charge on any atom is 0.267 e. The summed E-state index contributed by atoms with van der Waals surface area (Å²) < 4.78 is 32.7. The molecule has 0 saturated carbocycles. The molecule has 5 rings (SSSR count). The molecule has 6 nitrogen and oxygen atoms in total. The Labute approximate surface area is 171 Å². The van der Waals surface area contributed by atoms with Gasteiger partial charge in [-0.3, -0.25) is 9.59 Å². The average molecular weight is 411 g/mol. The van der Waals surface area contributed by atoms with Crippen molar-refractivity contribution in [2.45, 2.75) is 18.8 Å². The monoisotopic (exact) mass is 411 g/mol. The highest BCUT2D eigenvalue weighted by molar-refractivity contribution is 6.48. The Morgan fingerprint density at radius 3 is 2.73 bits per heavy atom. The maximum atomic E-state index is 13.5. The number of ketones is 1. The fraction of sp³-hybridized carbons (Fsp3) is 0.318. The number of nitrogens with zero attached hydrogens (tertiary/aromatic N) is 2. The number of hydrogen-bond donors (Lipinski definition) is 1. The first-order valence-electron chi connectivity index (χ1n) is 9.79. The number of alkyl halides is 2. The number of likely N-dealkylation sites (tertiary alicyclic amines) is 1. The Kier molecular flexibility index (Phi) is 4.13. The molecule has 0 bridgehead atoms. The van der Waals surface area contributed by atoms with Crippen LogP contribution in [-0.4, -0.2) is 54.5 Å². The molecule has 0 atom stereocenters. The van der Waals surface area contributed by atoms with Crippen LogP contribution in [0.2, 0.25) is 0 Å². The van der Waals surface area contributed by atoms with Crippen LogP contribution in [0.5, 0.6) is 5.75 Å². The van der Waals surface area contributed by atoms with Gasteiger partial charge in [-0.25, -0.2) is 8.78 Å². The third-order valence-electron chi connectivity index (χ3n) is 5.81. The van der Waals surface area contributed by atoms with E-state index < -0.39 is 18.4 Å². The van der Waals surface area contributed by atoms with Gasteiger partial charge >= 0.3 is 0 Å². The van der Waals surface area contributed by atoms with Crippen LogP contribution in [0.4, 0.5) is 20.2 Å². The van der Waals surface area contributed by atoms with Crippen molar-refractivity contribution in [3.05, 3.63) is 53.1 Å². The summed E-state index contributed by atoms with van der Waals surface area (Å²) in [6, 6.07) is 10.5. The van der Waals surface area contributed by atoms with Gasteiger partial charge in [0.1, 0.15) is 12.4 Å². The smallest absolute Gasteiger partial charge is 0.267 e. The van der Waals surface area contributed by atoms with Crippen molar-refractivity contribution in [1.82, 2.24) is 4.90 Å². The number of hydrogen-bond acceptors (Lipinski definition) is 5. The van der Waals surface area contributed by atoms with E-state index in [0.29, 0.717) is 36.4 Å². The van der Waals surface area contributed by atoms with Crippen molar-refractivity contribution < 1.29 is 23.1 Å². The molecule has 1 fully saturated rings. The molecule has 0 radical (unpaired) electrons. The molecule has 2 aliphatic heterocycles. The van der Waals surface area contributed by atoms with Gasteiger partial charge < -0.3 is 19.9 Å². The third-order valence-corrected chi connectivity index (χ3v) is 5.81. The third kappa shape index (κ3) is 3.03. The molecule has 1 amide bonds. The van der Waals surface area contributed by atoms with Crippen LogP contribution < -0.4 is 9.64 Å². The fourth-order valence-electron chi connectivity index (χ4n) is 4.26. The lowest BCUT2D eigenvalue weighted by Gasteiger charge is -2.32. The number of halogens is 2. The number of fused-ring (bicyclic) bond motifs is 2. The van der Waals surface area contributed by atoms with E-state index in [4.69, 9.17) is 10.1 Å². The summed E-state index contributed by atoms with van der Waals surface area (Å²) in [5.41, 5.74) is 3.46. The summed E-state index contributed by atoms with van der Waals surface area (Å²) in [4.78, 5) is 27.8. The number of benzene rings is 2. The van der Waals surface area contributed by atoms with E-state index in [1.165, 1.54) is 4.90 Å². The molecule has 2 aromatic rings. The highest BCUT2D eigenvalue weighted by Crippen LogP contribution is 2.39. The van der Waals surface area contributed by atoms with Crippen molar-refractivity contribution >= 4 is 28.8 Å². The summed E-state index contributed by atoms with van der Waals surface area (Å²) in [5.74, 6) is -2.97. The van der Waals surface area contributed by atoms with Crippen molar-refractivity contribution in [2.75, 3.05) is 31.1 Å². The predicted molar refractivity (Wildman–Crippen MR) is 107 cm³/mol. The second-order valence-electron chi connectivity index (χ2n) is 7.84. The Morgan fingerprint density at radius 2 is 1.97 bits per heavy atom. The maximum absolute atomic E-state index is 13.5. The summed E-state index contributed by atoms with van der Waals surface area (Å²) >= 11 is 0. The number of carbonyl (C=O) groups is 2. The molecule has 3 aliphatic rings. The van der Waals surface area contributed by atoms with Crippen LogP contribution in [0.15, 0.2) is 36.4 Å². The van der Waals surface area contributed by atoms with E-state index in [0.717, 1.165) is 16.9 Å². The van der Waals surface area contributed by atoms with Crippen molar-refractivity contribution in [2.24, 2.45) is 0 Å². The van der Waals surface area contributed by atoms with E-state index in [-0.39, 0.29) is 24.5 Å². The topological polar surface area (TPSA) is 73.7 Å². The van der Waals surface area contributed by atoms with E-state index in [1.54, 1.807) is 24.3 Å². The quantitative estimate of drug-likeness (QED) is 0.822. The van der Waals surface area contributed by atoms with Crippen LogP contribution in [0.25, 0.3) is 0 Å². The number of ether oxygens (including phenoxy) is 1. The largest absolute Gasteiger partial charge is 0.490 e. The summed E-state index contributed by atoms with van der Waals surface area (Å²) in [5, 5.41) is 7.77. The molecule has 0 spiro atoms. The first-order chi connectivity index (χ1) is 14.3.